The van der Waals surface area contributed by atoms with E-state index in [1.54, 1.807) is 12.1 Å². The normalized spacial score (nSPS) is 10.3. The van der Waals surface area contributed by atoms with Gasteiger partial charge in [0.05, 0.1) is 5.56 Å². The predicted molar refractivity (Wildman–Crippen MR) is 56.1 cm³/mol. The molecule has 1 aromatic carbocycles. The standard InChI is InChI=1S/C11H10N2O3/c1-2-9-12-13-10(16-9)7-3-5-8(6-4-7)11(14)15/h3-6H,2H2,1H3,(H,14,15). The van der Waals surface area contributed by atoms with Crippen LogP contribution < -0.4 is 0 Å². The minimum Gasteiger partial charge on any atom is -0.478 e. The van der Waals surface area contributed by atoms with Gasteiger partial charge >= 0.3 is 5.97 Å². The average molecular weight is 218 g/mol. The van der Waals surface area contributed by atoms with Crippen molar-refractivity contribution >= 4 is 5.97 Å². The summed E-state index contributed by atoms with van der Waals surface area (Å²) in [7, 11) is 0. The van der Waals surface area contributed by atoms with Crippen molar-refractivity contribution in [2.45, 2.75) is 13.3 Å². The van der Waals surface area contributed by atoms with Crippen molar-refractivity contribution in [2.75, 3.05) is 0 Å². The molecule has 2 rings (SSSR count). The van der Waals surface area contributed by atoms with E-state index in [4.69, 9.17) is 9.52 Å². The fraction of sp³-hybridized carbons (Fsp3) is 0.182. The highest BCUT2D eigenvalue weighted by atomic mass is 16.4. The molecule has 0 bridgehead atoms. The van der Waals surface area contributed by atoms with E-state index < -0.39 is 5.97 Å². The molecule has 0 aliphatic carbocycles. The van der Waals surface area contributed by atoms with E-state index in [1.807, 2.05) is 6.92 Å². The van der Waals surface area contributed by atoms with Gasteiger partial charge in [0.1, 0.15) is 0 Å². The van der Waals surface area contributed by atoms with Crippen molar-refractivity contribution in [3.05, 3.63) is 35.7 Å². The van der Waals surface area contributed by atoms with E-state index in [0.29, 0.717) is 18.2 Å². The lowest BCUT2D eigenvalue weighted by Crippen LogP contribution is -1.94. The highest BCUT2D eigenvalue weighted by Gasteiger charge is 2.08. The number of carboxylic acid groups (broad SMARTS) is 1. The van der Waals surface area contributed by atoms with Gasteiger partial charge in [0.2, 0.25) is 11.8 Å². The zero-order valence-electron chi connectivity index (χ0n) is 8.67. The number of benzene rings is 1. The Kier molecular flexibility index (Phi) is 2.68. The smallest absolute Gasteiger partial charge is 0.335 e. The van der Waals surface area contributed by atoms with Gasteiger partial charge < -0.3 is 9.52 Å². The van der Waals surface area contributed by atoms with Gasteiger partial charge in [-0.15, -0.1) is 10.2 Å². The predicted octanol–water partition coefficient (Wildman–Crippen LogP) is 2.00. The van der Waals surface area contributed by atoms with Gasteiger partial charge in [-0.1, -0.05) is 6.92 Å². The third-order valence-corrected chi connectivity index (χ3v) is 2.15. The van der Waals surface area contributed by atoms with Crippen LogP contribution in [-0.4, -0.2) is 21.3 Å². The molecule has 5 heteroatoms. The molecule has 1 N–H and O–H groups in total. The first-order valence-electron chi connectivity index (χ1n) is 4.87. The monoisotopic (exact) mass is 218 g/mol. The first-order valence-corrected chi connectivity index (χ1v) is 4.87. The van der Waals surface area contributed by atoms with Crippen LogP contribution in [0.25, 0.3) is 11.5 Å². The van der Waals surface area contributed by atoms with Crippen LogP contribution in [0.4, 0.5) is 0 Å². The first kappa shape index (κ1) is 10.4. The number of hydrogen-bond acceptors (Lipinski definition) is 4. The number of nitrogens with zero attached hydrogens (tertiary/aromatic N) is 2. The van der Waals surface area contributed by atoms with E-state index in [0.717, 1.165) is 5.56 Å². The Balaban J connectivity index is 2.30. The molecule has 16 heavy (non-hydrogen) atoms. The summed E-state index contributed by atoms with van der Waals surface area (Å²) < 4.78 is 5.35. The minimum absolute atomic E-state index is 0.235. The Bertz CT molecular complexity index is 502. The summed E-state index contributed by atoms with van der Waals surface area (Å²) in [6, 6.07) is 6.31. The Hall–Kier alpha value is -2.17. The van der Waals surface area contributed by atoms with Crippen LogP contribution in [0.3, 0.4) is 0 Å². The van der Waals surface area contributed by atoms with Crippen LogP contribution in [0, 0.1) is 0 Å². The van der Waals surface area contributed by atoms with Crippen LogP contribution in [0.15, 0.2) is 28.7 Å². The lowest BCUT2D eigenvalue weighted by atomic mass is 10.1. The van der Waals surface area contributed by atoms with Gasteiger partial charge in [-0.05, 0) is 24.3 Å². The second-order valence-corrected chi connectivity index (χ2v) is 3.24. The molecule has 0 saturated carbocycles. The Morgan fingerprint density at radius 1 is 1.31 bits per heavy atom. The molecule has 0 saturated heterocycles. The average Bonchev–Trinajstić information content (AvgIpc) is 2.77. The van der Waals surface area contributed by atoms with E-state index in [-0.39, 0.29) is 5.56 Å². The largest absolute Gasteiger partial charge is 0.478 e. The van der Waals surface area contributed by atoms with E-state index >= 15 is 0 Å². The molecule has 0 spiro atoms. The number of carboxylic acids is 1. The summed E-state index contributed by atoms with van der Waals surface area (Å²) >= 11 is 0. The third-order valence-electron chi connectivity index (χ3n) is 2.15. The maximum absolute atomic E-state index is 10.6. The van der Waals surface area contributed by atoms with Crippen molar-refractivity contribution in [2.24, 2.45) is 0 Å². The summed E-state index contributed by atoms with van der Waals surface area (Å²) in [6.07, 6.45) is 0.681. The highest BCUT2D eigenvalue weighted by molar-refractivity contribution is 5.88. The molecule has 0 atom stereocenters. The molecule has 1 heterocycles. The number of hydrogen-bond donors (Lipinski definition) is 1. The molecule has 0 fully saturated rings. The number of aromatic carboxylic acids is 1. The first-order chi connectivity index (χ1) is 7.70. The summed E-state index contributed by atoms with van der Waals surface area (Å²) in [4.78, 5) is 10.6. The number of carbonyl (C=O) groups is 1. The summed E-state index contributed by atoms with van der Waals surface area (Å²) in [5.41, 5.74) is 0.955. The van der Waals surface area contributed by atoms with Crippen LogP contribution in [0.2, 0.25) is 0 Å². The number of aryl methyl sites for hydroxylation is 1. The second-order valence-electron chi connectivity index (χ2n) is 3.24. The second kappa shape index (κ2) is 4.14. The Morgan fingerprint density at radius 2 is 2.00 bits per heavy atom. The molecule has 0 amide bonds. The zero-order valence-corrected chi connectivity index (χ0v) is 8.67. The quantitative estimate of drug-likeness (QED) is 0.852. The molecular weight excluding hydrogens is 208 g/mol. The maximum Gasteiger partial charge on any atom is 0.335 e. The van der Waals surface area contributed by atoms with Crippen molar-refractivity contribution in [3.63, 3.8) is 0 Å². The molecule has 82 valence electrons. The SMILES string of the molecule is CCc1nnc(-c2ccc(C(=O)O)cc2)o1. The lowest BCUT2D eigenvalue weighted by Gasteiger charge is -1.96. The van der Waals surface area contributed by atoms with Gasteiger partial charge in [0.25, 0.3) is 0 Å². The highest BCUT2D eigenvalue weighted by Crippen LogP contribution is 2.18. The van der Waals surface area contributed by atoms with Gasteiger partial charge in [-0.25, -0.2) is 4.79 Å². The topological polar surface area (TPSA) is 76.2 Å². The van der Waals surface area contributed by atoms with Crippen molar-refractivity contribution < 1.29 is 14.3 Å². The lowest BCUT2D eigenvalue weighted by molar-refractivity contribution is 0.0697. The third kappa shape index (κ3) is 1.93. The van der Waals surface area contributed by atoms with Gasteiger partial charge in [-0.3, -0.25) is 0 Å². The van der Waals surface area contributed by atoms with Crippen LogP contribution in [0.5, 0.6) is 0 Å². The fourth-order valence-corrected chi connectivity index (χ4v) is 1.27. The van der Waals surface area contributed by atoms with Gasteiger partial charge in [0.15, 0.2) is 0 Å². The molecule has 2 aromatic rings. The van der Waals surface area contributed by atoms with E-state index in [2.05, 4.69) is 10.2 Å². The summed E-state index contributed by atoms with van der Waals surface area (Å²) in [5.74, 6) is 0.0254. The maximum atomic E-state index is 10.6. The molecule has 0 aliphatic heterocycles. The molecule has 5 nitrogen and oxygen atoms in total. The van der Waals surface area contributed by atoms with Gasteiger partial charge in [0, 0.05) is 12.0 Å². The molecule has 1 aromatic heterocycles. The van der Waals surface area contributed by atoms with Crippen molar-refractivity contribution in [3.8, 4) is 11.5 Å². The zero-order chi connectivity index (χ0) is 11.5. The molecule has 0 aliphatic rings. The van der Waals surface area contributed by atoms with Crippen LogP contribution >= 0.6 is 0 Å². The summed E-state index contributed by atoms with van der Waals surface area (Å²) in [6.45, 7) is 1.92. The molecular formula is C11H10N2O3. The van der Waals surface area contributed by atoms with Crippen LogP contribution in [0.1, 0.15) is 23.2 Å². The Labute approximate surface area is 91.7 Å². The van der Waals surface area contributed by atoms with E-state index in [1.165, 1.54) is 12.1 Å². The minimum atomic E-state index is -0.952. The molecule has 0 radical (unpaired) electrons. The fourth-order valence-electron chi connectivity index (χ4n) is 1.27. The molecule has 0 unspecified atom stereocenters. The van der Waals surface area contributed by atoms with Crippen molar-refractivity contribution in [1.82, 2.24) is 10.2 Å². The Morgan fingerprint density at radius 3 is 2.50 bits per heavy atom. The van der Waals surface area contributed by atoms with E-state index in [9.17, 15) is 4.79 Å². The summed E-state index contributed by atoms with van der Waals surface area (Å²) in [5, 5.41) is 16.4. The van der Waals surface area contributed by atoms with Gasteiger partial charge in [-0.2, -0.15) is 0 Å². The van der Waals surface area contributed by atoms with Crippen molar-refractivity contribution in [1.29, 1.82) is 0 Å². The number of rotatable bonds is 3. The number of aromatic nitrogens is 2. The van der Waals surface area contributed by atoms with Crippen LogP contribution in [-0.2, 0) is 6.42 Å².